The van der Waals surface area contributed by atoms with Crippen LogP contribution < -0.4 is 14.8 Å². The summed E-state index contributed by atoms with van der Waals surface area (Å²) in [4.78, 5) is 15.1. The molecule has 2 unspecified atom stereocenters. The van der Waals surface area contributed by atoms with Gasteiger partial charge in [-0.2, -0.15) is 11.8 Å². The van der Waals surface area contributed by atoms with Gasteiger partial charge in [-0.15, -0.1) is 0 Å². The molecular formula is C20H33N3O5S2. The quantitative estimate of drug-likeness (QED) is 0.485. The Morgan fingerprint density at radius 2 is 1.93 bits per heavy atom. The Hall–Kier alpha value is -1.33. The molecule has 10 heteroatoms. The predicted molar refractivity (Wildman–Crippen MR) is 121 cm³/mol. The summed E-state index contributed by atoms with van der Waals surface area (Å²) in [6.45, 7) is 4.77. The molecule has 0 saturated carbocycles. The van der Waals surface area contributed by atoms with E-state index in [2.05, 4.69) is 14.9 Å². The highest BCUT2D eigenvalue weighted by Gasteiger charge is 2.27. The number of amides is 1. The predicted octanol–water partition coefficient (Wildman–Crippen LogP) is 1.25. The number of hydrogen-bond donors (Lipinski definition) is 2. The lowest BCUT2D eigenvalue weighted by atomic mass is 10.0. The van der Waals surface area contributed by atoms with E-state index in [1.165, 1.54) is 0 Å². The number of ether oxygens (including phenoxy) is 2. The normalized spacial score (nSPS) is 17.3. The minimum absolute atomic E-state index is 0.0345. The van der Waals surface area contributed by atoms with E-state index in [-0.39, 0.29) is 17.7 Å². The Morgan fingerprint density at radius 3 is 2.50 bits per heavy atom. The van der Waals surface area contributed by atoms with Crippen molar-refractivity contribution in [3.05, 3.63) is 29.8 Å². The van der Waals surface area contributed by atoms with Gasteiger partial charge in [0.2, 0.25) is 15.9 Å². The zero-order valence-electron chi connectivity index (χ0n) is 17.9. The molecule has 8 nitrogen and oxygen atoms in total. The summed E-state index contributed by atoms with van der Waals surface area (Å²) in [5.74, 6) is 1.11. The van der Waals surface area contributed by atoms with Gasteiger partial charge < -0.3 is 14.8 Å². The first-order valence-corrected chi connectivity index (χ1v) is 13.2. The first-order valence-electron chi connectivity index (χ1n) is 10.1. The number of carbonyl (C=O) groups is 1. The molecule has 1 aromatic rings. The van der Waals surface area contributed by atoms with Gasteiger partial charge >= 0.3 is 0 Å². The third-order valence-corrected chi connectivity index (χ3v) is 7.13. The van der Waals surface area contributed by atoms with E-state index < -0.39 is 16.1 Å². The molecule has 1 heterocycles. The third kappa shape index (κ3) is 7.73. The Kier molecular flexibility index (Phi) is 10.4. The Balaban J connectivity index is 2.11. The molecule has 2 rings (SSSR count). The van der Waals surface area contributed by atoms with Crippen LogP contribution in [0.4, 0.5) is 0 Å². The van der Waals surface area contributed by atoms with Crippen molar-refractivity contribution in [2.75, 3.05) is 57.7 Å². The molecule has 30 heavy (non-hydrogen) atoms. The average molecular weight is 460 g/mol. The van der Waals surface area contributed by atoms with Gasteiger partial charge in [0.05, 0.1) is 32.1 Å². The van der Waals surface area contributed by atoms with Gasteiger partial charge in [-0.05, 0) is 43.0 Å². The molecule has 2 atom stereocenters. The van der Waals surface area contributed by atoms with Crippen LogP contribution >= 0.6 is 11.8 Å². The SMILES string of the molecule is CCS(=O)(=O)NC(CCSC)C(=O)NCC(c1ccc(OC)cc1)N1CCOCC1. The van der Waals surface area contributed by atoms with E-state index in [0.29, 0.717) is 31.9 Å². The van der Waals surface area contributed by atoms with Crippen molar-refractivity contribution in [2.45, 2.75) is 25.4 Å². The minimum Gasteiger partial charge on any atom is -0.497 e. The highest BCUT2D eigenvalue weighted by Crippen LogP contribution is 2.23. The topological polar surface area (TPSA) is 97.0 Å². The van der Waals surface area contributed by atoms with Crippen LogP contribution in [0.1, 0.15) is 24.9 Å². The highest BCUT2D eigenvalue weighted by molar-refractivity contribution is 7.98. The Morgan fingerprint density at radius 1 is 1.27 bits per heavy atom. The van der Waals surface area contributed by atoms with E-state index >= 15 is 0 Å². The van der Waals surface area contributed by atoms with Gasteiger partial charge in [-0.3, -0.25) is 9.69 Å². The van der Waals surface area contributed by atoms with Crippen molar-refractivity contribution >= 4 is 27.7 Å². The first-order chi connectivity index (χ1) is 14.4. The molecule has 1 aliphatic rings. The van der Waals surface area contributed by atoms with Crippen molar-refractivity contribution in [3.63, 3.8) is 0 Å². The number of rotatable bonds is 12. The van der Waals surface area contributed by atoms with Gasteiger partial charge in [0.1, 0.15) is 11.8 Å². The number of nitrogens with zero attached hydrogens (tertiary/aromatic N) is 1. The monoisotopic (exact) mass is 459 g/mol. The summed E-state index contributed by atoms with van der Waals surface area (Å²) >= 11 is 1.58. The summed E-state index contributed by atoms with van der Waals surface area (Å²) in [7, 11) is -1.85. The van der Waals surface area contributed by atoms with Crippen LogP contribution in [0.3, 0.4) is 0 Å². The maximum atomic E-state index is 12.9. The van der Waals surface area contributed by atoms with Gasteiger partial charge in [0.15, 0.2) is 0 Å². The zero-order valence-corrected chi connectivity index (χ0v) is 19.6. The molecule has 1 fully saturated rings. The van der Waals surface area contributed by atoms with Crippen LogP contribution in [-0.2, 0) is 19.6 Å². The number of hydrogen-bond acceptors (Lipinski definition) is 7. The molecule has 1 amide bonds. The molecule has 170 valence electrons. The second kappa shape index (κ2) is 12.5. The van der Waals surface area contributed by atoms with Gasteiger partial charge in [-0.25, -0.2) is 13.1 Å². The summed E-state index contributed by atoms with van der Waals surface area (Å²) in [5, 5.41) is 2.97. The maximum absolute atomic E-state index is 12.9. The fourth-order valence-electron chi connectivity index (χ4n) is 3.27. The van der Waals surface area contributed by atoms with E-state index in [1.807, 2.05) is 30.5 Å². The lowest BCUT2D eigenvalue weighted by molar-refractivity contribution is -0.123. The molecule has 0 aliphatic carbocycles. The van der Waals surface area contributed by atoms with Crippen LogP contribution in [0.25, 0.3) is 0 Å². The van der Waals surface area contributed by atoms with Crippen LogP contribution in [-0.4, -0.2) is 83.0 Å². The lowest BCUT2D eigenvalue weighted by Crippen LogP contribution is -2.50. The van der Waals surface area contributed by atoms with E-state index in [9.17, 15) is 13.2 Å². The van der Waals surface area contributed by atoms with Gasteiger partial charge in [0.25, 0.3) is 0 Å². The minimum atomic E-state index is -3.47. The molecule has 0 bridgehead atoms. The second-order valence-electron chi connectivity index (χ2n) is 7.04. The average Bonchev–Trinajstić information content (AvgIpc) is 2.77. The van der Waals surface area contributed by atoms with Crippen molar-refractivity contribution in [2.24, 2.45) is 0 Å². The molecule has 0 spiro atoms. The summed E-state index contributed by atoms with van der Waals surface area (Å²) < 4.78 is 37.3. The van der Waals surface area contributed by atoms with E-state index in [4.69, 9.17) is 9.47 Å². The summed E-state index contributed by atoms with van der Waals surface area (Å²) in [6.07, 6.45) is 2.37. The van der Waals surface area contributed by atoms with Crippen LogP contribution in [0.5, 0.6) is 5.75 Å². The Labute approximate surface area is 184 Å². The standard InChI is InChI=1S/C20H33N3O5S2/c1-4-30(25,26)22-18(9-14-29-3)20(24)21-15-19(23-10-12-28-13-11-23)16-5-7-17(27-2)8-6-16/h5-8,18-19,22H,4,9-15H2,1-3H3,(H,21,24). The maximum Gasteiger partial charge on any atom is 0.238 e. The second-order valence-corrected chi connectivity index (χ2v) is 10.1. The number of thioether (sulfide) groups is 1. The fourth-order valence-corrected chi connectivity index (χ4v) is 4.57. The van der Waals surface area contributed by atoms with E-state index in [1.54, 1.807) is 25.8 Å². The molecule has 0 radical (unpaired) electrons. The molecule has 1 saturated heterocycles. The van der Waals surface area contributed by atoms with Crippen molar-refractivity contribution in [1.29, 1.82) is 0 Å². The smallest absolute Gasteiger partial charge is 0.238 e. The molecular weight excluding hydrogens is 426 g/mol. The summed E-state index contributed by atoms with van der Waals surface area (Å²) in [6, 6.07) is 6.99. The lowest BCUT2D eigenvalue weighted by Gasteiger charge is -2.35. The molecule has 0 aromatic heterocycles. The number of nitrogens with one attached hydrogen (secondary N) is 2. The van der Waals surface area contributed by atoms with Crippen LogP contribution in [0.2, 0.25) is 0 Å². The fraction of sp³-hybridized carbons (Fsp3) is 0.650. The van der Waals surface area contributed by atoms with Crippen LogP contribution in [0.15, 0.2) is 24.3 Å². The van der Waals surface area contributed by atoms with Crippen molar-refractivity contribution in [1.82, 2.24) is 14.9 Å². The van der Waals surface area contributed by atoms with Gasteiger partial charge in [-0.1, -0.05) is 12.1 Å². The molecule has 1 aromatic carbocycles. The highest BCUT2D eigenvalue weighted by atomic mass is 32.2. The first kappa shape index (κ1) is 24.9. The van der Waals surface area contributed by atoms with Crippen LogP contribution in [0, 0.1) is 0 Å². The number of sulfonamides is 1. The molecule has 1 aliphatic heterocycles. The number of morpholine rings is 1. The zero-order chi connectivity index (χ0) is 22.0. The van der Waals surface area contributed by atoms with Crippen molar-refractivity contribution < 1.29 is 22.7 Å². The largest absolute Gasteiger partial charge is 0.497 e. The number of methoxy groups -OCH3 is 1. The number of benzene rings is 1. The Bertz CT molecular complexity index is 752. The summed E-state index contributed by atoms with van der Waals surface area (Å²) in [5.41, 5.74) is 1.06. The van der Waals surface area contributed by atoms with Gasteiger partial charge in [0, 0.05) is 19.6 Å². The van der Waals surface area contributed by atoms with Crippen molar-refractivity contribution in [3.8, 4) is 5.75 Å². The third-order valence-electron chi connectivity index (χ3n) is 5.09. The molecule has 2 N–H and O–H groups in total. The van der Waals surface area contributed by atoms with E-state index in [0.717, 1.165) is 24.4 Å². The number of carbonyl (C=O) groups excluding carboxylic acids is 1.